The maximum absolute atomic E-state index is 12.3. The summed E-state index contributed by atoms with van der Waals surface area (Å²) in [5.74, 6) is 0.635. The van der Waals surface area contributed by atoms with Gasteiger partial charge in [-0.05, 0) is 36.2 Å². The van der Waals surface area contributed by atoms with E-state index in [2.05, 4.69) is 20.6 Å². The number of nitrogens with one attached hydrogen (secondary N) is 2. The van der Waals surface area contributed by atoms with Gasteiger partial charge in [0.25, 0.3) is 5.91 Å². The van der Waals surface area contributed by atoms with Crippen LogP contribution < -0.4 is 10.6 Å². The molecule has 1 aromatic carbocycles. The number of hydrogen-bond donors (Lipinski definition) is 2. The minimum atomic E-state index is -0.351. The van der Waals surface area contributed by atoms with Crippen LogP contribution in [0.2, 0.25) is 0 Å². The Kier molecular flexibility index (Phi) is 5.69. The van der Waals surface area contributed by atoms with Gasteiger partial charge < -0.3 is 15.5 Å². The fraction of sp³-hybridized carbons (Fsp3) is 0.200. The number of anilines is 1. The molecule has 0 radical (unpaired) electrons. The zero-order chi connectivity index (χ0) is 20.1. The van der Waals surface area contributed by atoms with E-state index in [0.29, 0.717) is 17.8 Å². The summed E-state index contributed by atoms with van der Waals surface area (Å²) < 4.78 is 1.80. The van der Waals surface area contributed by atoms with Crippen molar-refractivity contribution in [2.24, 2.45) is 0 Å². The largest absolute Gasteiger partial charge is 0.345 e. The predicted octanol–water partition coefficient (Wildman–Crippen LogP) is 2.60. The summed E-state index contributed by atoms with van der Waals surface area (Å²) in [7, 11) is 3.38. The third kappa shape index (κ3) is 4.53. The molecule has 0 saturated heterocycles. The maximum atomic E-state index is 12.3. The fourth-order valence-electron chi connectivity index (χ4n) is 2.57. The monoisotopic (exact) mass is 378 g/mol. The SMILES string of the molecule is Cc1ccc(C(=O)N(C)C)cc1NC(=O)NCc1ccc(-n2ccnc2)nc1. The van der Waals surface area contributed by atoms with Gasteiger partial charge in [0.2, 0.25) is 0 Å². The average molecular weight is 378 g/mol. The second-order valence-electron chi connectivity index (χ2n) is 6.53. The van der Waals surface area contributed by atoms with Crippen LogP contribution in [-0.4, -0.2) is 45.5 Å². The zero-order valence-corrected chi connectivity index (χ0v) is 16.0. The summed E-state index contributed by atoms with van der Waals surface area (Å²) in [4.78, 5) is 34.2. The Morgan fingerprint density at radius 2 is 2.00 bits per heavy atom. The molecule has 0 aliphatic carbocycles. The lowest BCUT2D eigenvalue weighted by atomic mass is 10.1. The Morgan fingerprint density at radius 3 is 2.64 bits per heavy atom. The van der Waals surface area contributed by atoms with E-state index in [1.54, 1.807) is 49.5 Å². The Hall–Kier alpha value is -3.68. The van der Waals surface area contributed by atoms with Crippen molar-refractivity contribution in [1.82, 2.24) is 24.8 Å². The summed E-state index contributed by atoms with van der Waals surface area (Å²) in [6, 6.07) is 8.63. The first-order valence-corrected chi connectivity index (χ1v) is 8.74. The van der Waals surface area contributed by atoms with Crippen molar-refractivity contribution >= 4 is 17.6 Å². The molecule has 0 bridgehead atoms. The average Bonchev–Trinajstić information content (AvgIpc) is 3.22. The van der Waals surface area contributed by atoms with Gasteiger partial charge in [-0.1, -0.05) is 12.1 Å². The topological polar surface area (TPSA) is 92.2 Å². The predicted molar refractivity (Wildman–Crippen MR) is 106 cm³/mol. The van der Waals surface area contributed by atoms with Crippen molar-refractivity contribution < 1.29 is 9.59 Å². The van der Waals surface area contributed by atoms with Crippen molar-refractivity contribution in [3.8, 4) is 5.82 Å². The Morgan fingerprint density at radius 1 is 1.18 bits per heavy atom. The second kappa shape index (κ2) is 8.34. The van der Waals surface area contributed by atoms with Crippen LogP contribution >= 0.6 is 0 Å². The number of carbonyl (C=O) groups is 2. The maximum Gasteiger partial charge on any atom is 0.319 e. The van der Waals surface area contributed by atoms with E-state index in [4.69, 9.17) is 0 Å². The Bertz CT molecular complexity index is 965. The molecule has 3 aromatic rings. The van der Waals surface area contributed by atoms with Crippen molar-refractivity contribution in [2.75, 3.05) is 19.4 Å². The van der Waals surface area contributed by atoms with Crippen LogP contribution in [0.5, 0.6) is 0 Å². The van der Waals surface area contributed by atoms with Crippen LogP contribution in [0.4, 0.5) is 10.5 Å². The first kappa shape index (κ1) is 19.1. The first-order valence-electron chi connectivity index (χ1n) is 8.74. The normalized spacial score (nSPS) is 10.4. The van der Waals surface area contributed by atoms with Crippen LogP contribution in [0, 0.1) is 6.92 Å². The van der Waals surface area contributed by atoms with Gasteiger partial charge in [-0.15, -0.1) is 0 Å². The van der Waals surface area contributed by atoms with Gasteiger partial charge in [-0.3, -0.25) is 9.36 Å². The van der Waals surface area contributed by atoms with Crippen LogP contribution in [0.1, 0.15) is 21.5 Å². The molecule has 0 atom stereocenters. The van der Waals surface area contributed by atoms with E-state index in [1.807, 2.05) is 31.3 Å². The Balaban J connectivity index is 1.60. The molecule has 0 saturated carbocycles. The third-order valence-corrected chi connectivity index (χ3v) is 4.17. The quantitative estimate of drug-likeness (QED) is 0.714. The summed E-state index contributed by atoms with van der Waals surface area (Å²) in [5.41, 5.74) is 2.85. The number of aryl methyl sites for hydroxylation is 1. The first-order chi connectivity index (χ1) is 13.4. The molecule has 0 spiro atoms. The number of hydrogen-bond acceptors (Lipinski definition) is 4. The van der Waals surface area contributed by atoms with Gasteiger partial charge >= 0.3 is 6.03 Å². The number of aromatic nitrogens is 3. The van der Waals surface area contributed by atoms with E-state index >= 15 is 0 Å². The molecule has 2 N–H and O–H groups in total. The van der Waals surface area contributed by atoms with Crippen molar-refractivity contribution in [2.45, 2.75) is 13.5 Å². The van der Waals surface area contributed by atoms with Crippen LogP contribution in [0.25, 0.3) is 5.82 Å². The van der Waals surface area contributed by atoms with Crippen LogP contribution in [0.3, 0.4) is 0 Å². The molecule has 0 aliphatic rings. The van der Waals surface area contributed by atoms with Crippen molar-refractivity contribution in [3.63, 3.8) is 0 Å². The number of amides is 3. The van der Waals surface area contributed by atoms with E-state index in [1.165, 1.54) is 4.90 Å². The minimum absolute atomic E-state index is 0.118. The molecule has 0 aliphatic heterocycles. The standard InChI is InChI=1S/C20H22N6O2/c1-14-4-6-16(19(27)25(2)3)10-17(14)24-20(28)23-12-15-5-7-18(22-11-15)26-9-8-21-13-26/h4-11,13H,12H2,1-3H3,(H2,23,24,28). The number of carbonyl (C=O) groups excluding carboxylic acids is 2. The third-order valence-electron chi connectivity index (χ3n) is 4.17. The lowest BCUT2D eigenvalue weighted by Gasteiger charge is -2.14. The summed E-state index contributed by atoms with van der Waals surface area (Å²) in [6.07, 6.45) is 6.87. The lowest BCUT2D eigenvalue weighted by Crippen LogP contribution is -2.29. The molecule has 0 unspecified atom stereocenters. The fourth-order valence-corrected chi connectivity index (χ4v) is 2.57. The molecule has 3 amide bonds. The highest BCUT2D eigenvalue weighted by Crippen LogP contribution is 2.18. The highest BCUT2D eigenvalue weighted by Gasteiger charge is 2.11. The molecule has 0 fully saturated rings. The van der Waals surface area contributed by atoms with Gasteiger partial charge in [0.15, 0.2) is 0 Å². The van der Waals surface area contributed by atoms with E-state index in [9.17, 15) is 9.59 Å². The van der Waals surface area contributed by atoms with Crippen molar-refractivity contribution in [1.29, 1.82) is 0 Å². The van der Waals surface area contributed by atoms with E-state index in [-0.39, 0.29) is 11.9 Å². The van der Waals surface area contributed by atoms with Crippen LogP contribution in [-0.2, 0) is 6.54 Å². The highest BCUT2D eigenvalue weighted by molar-refractivity contribution is 5.97. The smallest absolute Gasteiger partial charge is 0.319 e. The van der Waals surface area contributed by atoms with Gasteiger partial charge in [0.1, 0.15) is 12.1 Å². The van der Waals surface area contributed by atoms with E-state index < -0.39 is 0 Å². The molecular formula is C20H22N6O2. The number of urea groups is 1. The zero-order valence-electron chi connectivity index (χ0n) is 16.0. The Labute approximate surface area is 163 Å². The lowest BCUT2D eigenvalue weighted by molar-refractivity contribution is 0.0827. The summed E-state index contributed by atoms with van der Waals surface area (Å²) in [5, 5.41) is 5.59. The molecule has 3 rings (SSSR count). The van der Waals surface area contributed by atoms with Crippen LogP contribution in [0.15, 0.2) is 55.2 Å². The van der Waals surface area contributed by atoms with Gasteiger partial charge in [0, 0.05) is 50.5 Å². The molecule has 8 nitrogen and oxygen atoms in total. The van der Waals surface area contributed by atoms with Gasteiger partial charge in [0.05, 0.1) is 0 Å². The van der Waals surface area contributed by atoms with Gasteiger partial charge in [-0.25, -0.2) is 14.8 Å². The number of pyridine rings is 1. The number of benzene rings is 1. The molecule has 2 aromatic heterocycles. The second-order valence-corrected chi connectivity index (χ2v) is 6.53. The number of rotatable bonds is 5. The number of nitrogens with zero attached hydrogens (tertiary/aromatic N) is 4. The molecule has 144 valence electrons. The van der Waals surface area contributed by atoms with Gasteiger partial charge in [-0.2, -0.15) is 0 Å². The minimum Gasteiger partial charge on any atom is -0.345 e. The van der Waals surface area contributed by atoms with Crippen molar-refractivity contribution in [3.05, 3.63) is 71.9 Å². The molecule has 8 heteroatoms. The molecule has 2 heterocycles. The summed E-state index contributed by atoms with van der Waals surface area (Å²) >= 11 is 0. The highest BCUT2D eigenvalue weighted by atomic mass is 16.2. The molecular weight excluding hydrogens is 356 g/mol. The molecule has 28 heavy (non-hydrogen) atoms. The summed E-state index contributed by atoms with van der Waals surface area (Å²) in [6.45, 7) is 2.21. The number of imidazole rings is 1. The van der Waals surface area contributed by atoms with E-state index in [0.717, 1.165) is 16.9 Å².